The molecule has 1 aliphatic rings. The topological polar surface area (TPSA) is 67.6 Å². The van der Waals surface area contributed by atoms with Crippen molar-refractivity contribution in [3.8, 4) is 0 Å². The molecule has 6 nitrogen and oxygen atoms in total. The van der Waals surface area contributed by atoms with E-state index >= 15 is 0 Å². The summed E-state index contributed by atoms with van der Waals surface area (Å²) < 4.78 is 7.36. The average molecular weight is 267 g/mol. The lowest BCUT2D eigenvalue weighted by Gasteiger charge is -2.30. The minimum Gasteiger partial charge on any atom is -0.481 e. The first-order valence-electron chi connectivity index (χ1n) is 6.72. The molecule has 106 valence electrons. The predicted molar refractivity (Wildman–Crippen MR) is 69.8 cm³/mol. The molecule has 2 heterocycles. The van der Waals surface area contributed by atoms with Gasteiger partial charge in [-0.2, -0.15) is 0 Å². The quantitative estimate of drug-likeness (QED) is 0.787. The average Bonchev–Trinajstić information content (AvgIpc) is 3.05. The Morgan fingerprint density at radius 3 is 3.00 bits per heavy atom. The molecule has 0 bridgehead atoms. The number of hydrogen-bond acceptors (Lipinski definition) is 4. The van der Waals surface area contributed by atoms with Crippen molar-refractivity contribution in [3.05, 3.63) is 18.7 Å². The molecule has 2 rings (SSSR count). The number of imidazole rings is 1. The zero-order valence-corrected chi connectivity index (χ0v) is 11.2. The third-order valence-corrected chi connectivity index (χ3v) is 3.55. The first-order chi connectivity index (χ1) is 9.22. The van der Waals surface area contributed by atoms with E-state index in [0.29, 0.717) is 13.2 Å². The monoisotopic (exact) mass is 267 g/mol. The van der Waals surface area contributed by atoms with Gasteiger partial charge in [-0.3, -0.25) is 9.69 Å². The zero-order valence-electron chi connectivity index (χ0n) is 11.2. The lowest BCUT2D eigenvalue weighted by atomic mass is 10.0. The second kappa shape index (κ2) is 6.68. The van der Waals surface area contributed by atoms with Crippen LogP contribution >= 0.6 is 0 Å². The van der Waals surface area contributed by atoms with Crippen molar-refractivity contribution >= 4 is 5.97 Å². The highest BCUT2D eigenvalue weighted by molar-refractivity contribution is 5.71. The van der Waals surface area contributed by atoms with Crippen LogP contribution in [0.2, 0.25) is 0 Å². The SMILES string of the molecule is CCCN(CCn1ccnc1)C1COCC1C(=O)O. The van der Waals surface area contributed by atoms with Crippen LogP contribution in [0.4, 0.5) is 0 Å². The van der Waals surface area contributed by atoms with Gasteiger partial charge >= 0.3 is 5.97 Å². The van der Waals surface area contributed by atoms with Crippen molar-refractivity contribution in [1.29, 1.82) is 0 Å². The van der Waals surface area contributed by atoms with Gasteiger partial charge in [-0.05, 0) is 13.0 Å². The van der Waals surface area contributed by atoms with Crippen LogP contribution in [-0.2, 0) is 16.1 Å². The molecular weight excluding hydrogens is 246 g/mol. The first-order valence-corrected chi connectivity index (χ1v) is 6.72. The molecule has 0 radical (unpaired) electrons. The highest BCUT2D eigenvalue weighted by Gasteiger charge is 2.37. The molecule has 1 fully saturated rings. The van der Waals surface area contributed by atoms with E-state index in [0.717, 1.165) is 26.1 Å². The Morgan fingerprint density at radius 2 is 2.37 bits per heavy atom. The Morgan fingerprint density at radius 1 is 1.53 bits per heavy atom. The summed E-state index contributed by atoms with van der Waals surface area (Å²) in [5, 5.41) is 9.23. The third-order valence-electron chi connectivity index (χ3n) is 3.55. The van der Waals surface area contributed by atoms with Crippen LogP contribution in [0.5, 0.6) is 0 Å². The summed E-state index contributed by atoms with van der Waals surface area (Å²) in [5.41, 5.74) is 0. The van der Waals surface area contributed by atoms with Crippen LogP contribution in [-0.4, -0.2) is 57.9 Å². The van der Waals surface area contributed by atoms with E-state index in [4.69, 9.17) is 4.74 Å². The van der Waals surface area contributed by atoms with Gasteiger partial charge < -0.3 is 14.4 Å². The summed E-state index contributed by atoms with van der Waals surface area (Å²) in [6.45, 7) is 5.49. The number of ether oxygens (including phenoxy) is 1. The van der Waals surface area contributed by atoms with Crippen molar-refractivity contribution in [2.45, 2.75) is 25.9 Å². The first kappa shape index (κ1) is 14.0. The van der Waals surface area contributed by atoms with Crippen molar-refractivity contribution in [2.75, 3.05) is 26.3 Å². The molecule has 0 saturated carbocycles. The molecule has 1 aliphatic heterocycles. The molecular formula is C13H21N3O3. The normalized spacial score (nSPS) is 23.1. The third kappa shape index (κ3) is 3.54. The molecule has 19 heavy (non-hydrogen) atoms. The molecule has 2 atom stereocenters. The molecule has 2 unspecified atom stereocenters. The maximum atomic E-state index is 11.2. The molecule has 1 aromatic rings. The Hall–Kier alpha value is -1.40. The Labute approximate surface area is 113 Å². The van der Waals surface area contributed by atoms with E-state index in [9.17, 15) is 9.90 Å². The van der Waals surface area contributed by atoms with Crippen LogP contribution in [0.15, 0.2) is 18.7 Å². The number of aromatic nitrogens is 2. The second-order valence-electron chi connectivity index (χ2n) is 4.89. The summed E-state index contributed by atoms with van der Waals surface area (Å²) >= 11 is 0. The lowest BCUT2D eigenvalue weighted by Crippen LogP contribution is -2.44. The maximum Gasteiger partial charge on any atom is 0.310 e. The van der Waals surface area contributed by atoms with Crippen LogP contribution < -0.4 is 0 Å². The molecule has 1 N–H and O–H groups in total. The van der Waals surface area contributed by atoms with E-state index in [1.54, 1.807) is 12.5 Å². The smallest absolute Gasteiger partial charge is 0.310 e. The van der Waals surface area contributed by atoms with E-state index in [-0.39, 0.29) is 6.04 Å². The predicted octanol–water partition coefficient (Wildman–Crippen LogP) is 0.695. The fraction of sp³-hybridized carbons (Fsp3) is 0.692. The van der Waals surface area contributed by atoms with E-state index in [1.165, 1.54) is 0 Å². The van der Waals surface area contributed by atoms with Gasteiger partial charge in [-0.1, -0.05) is 6.92 Å². The van der Waals surface area contributed by atoms with Gasteiger partial charge in [0.15, 0.2) is 0 Å². The van der Waals surface area contributed by atoms with Crippen molar-refractivity contribution in [1.82, 2.24) is 14.5 Å². The van der Waals surface area contributed by atoms with Gasteiger partial charge in [0, 0.05) is 31.5 Å². The van der Waals surface area contributed by atoms with Gasteiger partial charge in [0.1, 0.15) is 0 Å². The summed E-state index contributed by atoms with van der Waals surface area (Å²) in [6.07, 6.45) is 6.46. The van der Waals surface area contributed by atoms with Crippen molar-refractivity contribution < 1.29 is 14.6 Å². The fourth-order valence-electron chi connectivity index (χ4n) is 2.53. The van der Waals surface area contributed by atoms with E-state index in [2.05, 4.69) is 16.8 Å². The zero-order chi connectivity index (χ0) is 13.7. The Kier molecular flexibility index (Phi) is 4.93. The summed E-state index contributed by atoms with van der Waals surface area (Å²) in [5.74, 6) is -1.17. The number of nitrogens with zero attached hydrogens (tertiary/aromatic N) is 3. The molecule has 0 aromatic carbocycles. The molecule has 0 spiro atoms. The summed E-state index contributed by atoms with van der Waals surface area (Å²) in [7, 11) is 0. The maximum absolute atomic E-state index is 11.2. The fourth-order valence-corrected chi connectivity index (χ4v) is 2.53. The summed E-state index contributed by atoms with van der Waals surface area (Å²) in [4.78, 5) is 17.5. The minimum absolute atomic E-state index is 0.0130. The molecule has 0 amide bonds. The van der Waals surface area contributed by atoms with E-state index in [1.807, 2.05) is 10.8 Å². The van der Waals surface area contributed by atoms with Crippen LogP contribution in [0.25, 0.3) is 0 Å². The largest absolute Gasteiger partial charge is 0.481 e. The molecule has 1 saturated heterocycles. The van der Waals surface area contributed by atoms with Crippen LogP contribution in [0, 0.1) is 5.92 Å². The Bertz CT molecular complexity index is 394. The number of carbonyl (C=O) groups is 1. The number of rotatable bonds is 7. The van der Waals surface area contributed by atoms with Crippen molar-refractivity contribution in [3.63, 3.8) is 0 Å². The Balaban J connectivity index is 1.96. The highest BCUT2D eigenvalue weighted by Crippen LogP contribution is 2.20. The lowest BCUT2D eigenvalue weighted by molar-refractivity contribution is -0.143. The van der Waals surface area contributed by atoms with Gasteiger partial charge in [0.05, 0.1) is 25.5 Å². The highest BCUT2D eigenvalue weighted by atomic mass is 16.5. The number of carboxylic acid groups (broad SMARTS) is 1. The van der Waals surface area contributed by atoms with Gasteiger partial charge in [-0.25, -0.2) is 4.98 Å². The van der Waals surface area contributed by atoms with Gasteiger partial charge in [0.2, 0.25) is 0 Å². The number of carboxylic acids is 1. The number of aliphatic carboxylic acids is 1. The van der Waals surface area contributed by atoms with E-state index < -0.39 is 11.9 Å². The van der Waals surface area contributed by atoms with Gasteiger partial charge in [0.25, 0.3) is 0 Å². The molecule has 1 aromatic heterocycles. The summed E-state index contributed by atoms with van der Waals surface area (Å²) in [6, 6.07) is -0.0130. The standard InChI is InChI=1S/C13H21N3O3/c1-2-4-16(7-6-15-5-3-14-10-15)12-9-19-8-11(12)13(17)18/h3,5,10-12H,2,4,6-9H2,1H3,(H,17,18). The van der Waals surface area contributed by atoms with Crippen LogP contribution in [0.1, 0.15) is 13.3 Å². The number of hydrogen-bond donors (Lipinski definition) is 1. The second-order valence-corrected chi connectivity index (χ2v) is 4.89. The van der Waals surface area contributed by atoms with Crippen LogP contribution in [0.3, 0.4) is 0 Å². The van der Waals surface area contributed by atoms with Crippen molar-refractivity contribution in [2.24, 2.45) is 5.92 Å². The molecule has 6 heteroatoms. The van der Waals surface area contributed by atoms with Gasteiger partial charge in [-0.15, -0.1) is 0 Å². The molecule has 0 aliphatic carbocycles. The minimum atomic E-state index is -0.758.